The molecule has 0 aliphatic rings. The Morgan fingerprint density at radius 3 is 2.65 bits per heavy atom. The van der Waals surface area contributed by atoms with Gasteiger partial charge in [-0.05, 0) is 26.0 Å². The van der Waals surface area contributed by atoms with Gasteiger partial charge in [0.05, 0.1) is 25.8 Å². The number of carbonyl (C=O) groups is 2. The van der Waals surface area contributed by atoms with Gasteiger partial charge in [0.1, 0.15) is 5.75 Å². The van der Waals surface area contributed by atoms with E-state index >= 15 is 0 Å². The van der Waals surface area contributed by atoms with Crippen LogP contribution in [-0.4, -0.2) is 31.8 Å². The number of rotatable bonds is 6. The molecule has 0 aromatic heterocycles. The molecule has 0 spiro atoms. The molecule has 1 unspecified atom stereocenters. The van der Waals surface area contributed by atoms with Crippen molar-refractivity contribution in [2.45, 2.75) is 26.3 Å². The molecule has 0 aliphatic heterocycles. The van der Waals surface area contributed by atoms with Crippen LogP contribution in [0.1, 0.15) is 20.3 Å². The van der Waals surface area contributed by atoms with Gasteiger partial charge in [0, 0.05) is 6.04 Å². The van der Waals surface area contributed by atoms with Gasteiger partial charge in [-0.3, -0.25) is 4.79 Å². The quantitative estimate of drug-likeness (QED) is 0.783. The fourth-order valence-corrected chi connectivity index (χ4v) is 1.65. The smallest absolute Gasteiger partial charge is 0.319 e. The minimum absolute atomic E-state index is 0.132. The Balaban J connectivity index is 2.49. The predicted octanol–water partition coefficient (Wildman–Crippen LogP) is 2.16. The van der Waals surface area contributed by atoms with Gasteiger partial charge in [-0.1, -0.05) is 12.1 Å². The van der Waals surface area contributed by atoms with E-state index in [0.717, 1.165) is 0 Å². The van der Waals surface area contributed by atoms with Crippen molar-refractivity contribution < 1.29 is 19.1 Å². The normalized spacial score (nSPS) is 11.3. The van der Waals surface area contributed by atoms with Crippen molar-refractivity contribution in [3.05, 3.63) is 24.3 Å². The Bertz CT molecular complexity index is 462. The van der Waals surface area contributed by atoms with E-state index in [1.54, 1.807) is 32.0 Å². The lowest BCUT2D eigenvalue weighted by Gasteiger charge is -2.15. The van der Waals surface area contributed by atoms with Crippen molar-refractivity contribution in [3.8, 4) is 5.75 Å². The van der Waals surface area contributed by atoms with Crippen LogP contribution in [0.2, 0.25) is 0 Å². The zero-order valence-electron chi connectivity index (χ0n) is 11.9. The van der Waals surface area contributed by atoms with Gasteiger partial charge in [0.15, 0.2) is 0 Å². The number of nitrogens with one attached hydrogen (secondary N) is 2. The van der Waals surface area contributed by atoms with Crippen LogP contribution < -0.4 is 15.4 Å². The molecule has 0 bridgehead atoms. The maximum atomic E-state index is 11.8. The molecular weight excluding hydrogens is 260 g/mol. The Morgan fingerprint density at radius 2 is 2.00 bits per heavy atom. The van der Waals surface area contributed by atoms with Gasteiger partial charge in [-0.15, -0.1) is 0 Å². The van der Waals surface area contributed by atoms with Crippen LogP contribution in [-0.2, 0) is 9.53 Å². The second-order valence-corrected chi connectivity index (χ2v) is 4.21. The van der Waals surface area contributed by atoms with E-state index in [1.807, 2.05) is 6.07 Å². The minimum Gasteiger partial charge on any atom is -0.495 e. The third-order valence-corrected chi connectivity index (χ3v) is 2.51. The molecule has 20 heavy (non-hydrogen) atoms. The van der Waals surface area contributed by atoms with Crippen LogP contribution in [0.3, 0.4) is 0 Å². The number of anilines is 1. The van der Waals surface area contributed by atoms with E-state index < -0.39 is 6.03 Å². The Morgan fingerprint density at radius 1 is 1.30 bits per heavy atom. The predicted molar refractivity (Wildman–Crippen MR) is 75.9 cm³/mol. The lowest BCUT2D eigenvalue weighted by atomic mass is 10.2. The van der Waals surface area contributed by atoms with Crippen LogP contribution in [0.25, 0.3) is 0 Å². The lowest BCUT2D eigenvalue weighted by molar-refractivity contribution is -0.143. The van der Waals surface area contributed by atoms with E-state index in [4.69, 9.17) is 9.47 Å². The molecule has 1 aromatic carbocycles. The van der Waals surface area contributed by atoms with Crippen LogP contribution in [0.5, 0.6) is 5.75 Å². The molecule has 1 rings (SSSR count). The first-order valence-corrected chi connectivity index (χ1v) is 6.43. The number of urea groups is 1. The lowest BCUT2D eigenvalue weighted by Crippen LogP contribution is -2.37. The van der Waals surface area contributed by atoms with Gasteiger partial charge in [0.2, 0.25) is 0 Å². The summed E-state index contributed by atoms with van der Waals surface area (Å²) in [6.07, 6.45) is 0.132. The first kappa shape index (κ1) is 15.8. The zero-order valence-corrected chi connectivity index (χ0v) is 11.9. The third-order valence-electron chi connectivity index (χ3n) is 2.51. The molecule has 0 saturated carbocycles. The highest BCUT2D eigenvalue weighted by Gasteiger charge is 2.13. The SMILES string of the molecule is CCOC(=O)CC(C)NC(=O)Nc1ccccc1OC. The average Bonchev–Trinajstić information content (AvgIpc) is 2.39. The summed E-state index contributed by atoms with van der Waals surface area (Å²) in [5.74, 6) is 0.235. The molecule has 0 saturated heterocycles. The molecule has 0 aliphatic carbocycles. The summed E-state index contributed by atoms with van der Waals surface area (Å²) >= 11 is 0. The van der Waals surface area contributed by atoms with Crippen molar-refractivity contribution in [2.24, 2.45) is 0 Å². The molecule has 1 atom stereocenters. The molecule has 1 aromatic rings. The summed E-state index contributed by atoms with van der Waals surface area (Å²) in [7, 11) is 1.53. The number of para-hydroxylation sites is 2. The topological polar surface area (TPSA) is 76.7 Å². The van der Waals surface area contributed by atoms with E-state index in [1.165, 1.54) is 7.11 Å². The first-order chi connectivity index (χ1) is 9.56. The highest BCUT2D eigenvalue weighted by molar-refractivity contribution is 5.91. The molecule has 110 valence electrons. The van der Waals surface area contributed by atoms with Crippen LogP contribution in [0, 0.1) is 0 Å². The Kier molecular flexibility index (Phi) is 6.36. The maximum absolute atomic E-state index is 11.8. The maximum Gasteiger partial charge on any atom is 0.319 e. The number of amides is 2. The molecule has 0 heterocycles. The van der Waals surface area contributed by atoms with Gasteiger partial charge in [0.25, 0.3) is 0 Å². The highest BCUT2D eigenvalue weighted by atomic mass is 16.5. The number of methoxy groups -OCH3 is 1. The second-order valence-electron chi connectivity index (χ2n) is 4.21. The summed E-state index contributed by atoms with van der Waals surface area (Å²) in [6, 6.07) is 6.37. The number of benzene rings is 1. The fourth-order valence-electron chi connectivity index (χ4n) is 1.65. The van der Waals surface area contributed by atoms with E-state index in [-0.39, 0.29) is 18.4 Å². The van der Waals surface area contributed by atoms with Crippen molar-refractivity contribution in [1.29, 1.82) is 0 Å². The molecule has 0 radical (unpaired) electrons. The van der Waals surface area contributed by atoms with Crippen molar-refractivity contribution in [2.75, 3.05) is 19.0 Å². The summed E-state index contributed by atoms with van der Waals surface area (Å²) in [5, 5.41) is 5.33. The number of ether oxygens (including phenoxy) is 2. The van der Waals surface area contributed by atoms with E-state index in [9.17, 15) is 9.59 Å². The Hall–Kier alpha value is -2.24. The van der Waals surface area contributed by atoms with Crippen LogP contribution in [0.4, 0.5) is 10.5 Å². The molecule has 2 N–H and O–H groups in total. The van der Waals surface area contributed by atoms with Gasteiger partial charge < -0.3 is 20.1 Å². The van der Waals surface area contributed by atoms with E-state index in [0.29, 0.717) is 18.0 Å². The number of hydrogen-bond donors (Lipinski definition) is 2. The summed E-state index contributed by atoms with van der Waals surface area (Å²) in [6.45, 7) is 3.81. The van der Waals surface area contributed by atoms with Crippen molar-refractivity contribution in [3.63, 3.8) is 0 Å². The standard InChI is InChI=1S/C14H20N2O4/c1-4-20-13(17)9-10(2)15-14(18)16-11-7-5-6-8-12(11)19-3/h5-8,10H,4,9H2,1-3H3,(H2,15,16,18). The average molecular weight is 280 g/mol. The van der Waals surface area contributed by atoms with Gasteiger partial charge in [-0.25, -0.2) is 4.79 Å². The summed E-state index contributed by atoms with van der Waals surface area (Å²) in [4.78, 5) is 23.1. The molecule has 6 nitrogen and oxygen atoms in total. The molecular formula is C14H20N2O4. The zero-order chi connectivity index (χ0) is 15.0. The second kappa shape index (κ2) is 8.04. The Labute approximate surface area is 118 Å². The van der Waals surface area contributed by atoms with Crippen molar-refractivity contribution >= 4 is 17.7 Å². The number of hydrogen-bond acceptors (Lipinski definition) is 4. The molecule has 0 fully saturated rings. The highest BCUT2D eigenvalue weighted by Crippen LogP contribution is 2.22. The van der Waals surface area contributed by atoms with Crippen LogP contribution in [0.15, 0.2) is 24.3 Å². The summed E-state index contributed by atoms with van der Waals surface area (Å²) in [5.41, 5.74) is 0.566. The van der Waals surface area contributed by atoms with E-state index in [2.05, 4.69) is 10.6 Å². The van der Waals surface area contributed by atoms with Gasteiger partial charge >= 0.3 is 12.0 Å². The minimum atomic E-state index is -0.397. The van der Waals surface area contributed by atoms with Crippen molar-refractivity contribution in [1.82, 2.24) is 5.32 Å². The number of carbonyl (C=O) groups excluding carboxylic acids is 2. The third kappa shape index (κ3) is 5.17. The largest absolute Gasteiger partial charge is 0.495 e. The van der Waals surface area contributed by atoms with Crippen LogP contribution >= 0.6 is 0 Å². The number of esters is 1. The monoisotopic (exact) mass is 280 g/mol. The van der Waals surface area contributed by atoms with Gasteiger partial charge in [-0.2, -0.15) is 0 Å². The molecule has 2 amide bonds. The first-order valence-electron chi connectivity index (χ1n) is 6.43. The summed E-state index contributed by atoms with van der Waals surface area (Å²) < 4.78 is 9.95. The molecule has 6 heteroatoms. The fraction of sp³-hybridized carbons (Fsp3) is 0.429.